The Kier molecular flexibility index (Phi) is 7.37. The molecule has 2 aromatic rings. The highest BCUT2D eigenvalue weighted by Gasteiger charge is 2.14. The number of nitrogen functional groups attached to an aromatic ring is 1. The van der Waals surface area contributed by atoms with Gasteiger partial charge >= 0.3 is 11.9 Å². The first kappa shape index (κ1) is 19.6. The first-order valence-corrected chi connectivity index (χ1v) is 7.15. The lowest BCUT2D eigenvalue weighted by Crippen LogP contribution is -2.21. The van der Waals surface area contributed by atoms with E-state index in [0.29, 0.717) is 24.1 Å². The summed E-state index contributed by atoms with van der Waals surface area (Å²) >= 11 is 0. The molecule has 0 radical (unpaired) electrons. The van der Waals surface area contributed by atoms with Gasteiger partial charge < -0.3 is 19.8 Å². The lowest BCUT2D eigenvalue weighted by Gasteiger charge is -2.16. The van der Waals surface area contributed by atoms with Gasteiger partial charge in [-0.05, 0) is 6.42 Å². The summed E-state index contributed by atoms with van der Waals surface area (Å²) in [7, 11) is 0. The first-order valence-electron chi connectivity index (χ1n) is 7.15. The minimum atomic E-state index is -0.369. The number of aryl methyl sites for hydroxylation is 1. The van der Waals surface area contributed by atoms with E-state index < -0.39 is 0 Å². The van der Waals surface area contributed by atoms with Gasteiger partial charge in [0.05, 0.1) is 25.7 Å². The molecule has 0 aliphatic carbocycles. The number of hydrogen-bond acceptors (Lipinski definition) is 8. The number of fused-ring (bicyclic) bond motifs is 1. The van der Waals surface area contributed by atoms with Crippen molar-refractivity contribution in [3.05, 3.63) is 12.5 Å². The molecule has 0 aliphatic rings. The molecule has 2 aromatic heterocycles. The standard InChI is InChI=1S/C14H19N5O4.ClH/c1-9(20)22-6-11(7-23-10(2)21)3-4-19-8-17-12-5-16-14(15)18-13(12)19;/h5,8,11H,3-4,6-7H2,1-2H3,(H2,15,16,18);1H. The number of halogens is 1. The summed E-state index contributed by atoms with van der Waals surface area (Å²) < 4.78 is 11.9. The Hall–Kier alpha value is -2.42. The predicted octanol–water partition coefficient (Wildman–Crippen LogP) is 0.963. The Labute approximate surface area is 145 Å². The van der Waals surface area contributed by atoms with Gasteiger partial charge in [-0.1, -0.05) is 0 Å². The second-order valence-electron chi connectivity index (χ2n) is 5.13. The Bertz CT molecular complexity index is 688. The summed E-state index contributed by atoms with van der Waals surface area (Å²) in [6, 6.07) is 0. The van der Waals surface area contributed by atoms with Crippen LogP contribution in [0.1, 0.15) is 20.3 Å². The van der Waals surface area contributed by atoms with Crippen LogP contribution in [0.5, 0.6) is 0 Å². The van der Waals surface area contributed by atoms with E-state index in [1.54, 1.807) is 12.5 Å². The van der Waals surface area contributed by atoms with Crippen LogP contribution in [0.3, 0.4) is 0 Å². The number of carbonyl (C=O) groups is 2. The molecule has 24 heavy (non-hydrogen) atoms. The second-order valence-corrected chi connectivity index (χ2v) is 5.13. The van der Waals surface area contributed by atoms with Gasteiger partial charge in [0.15, 0.2) is 5.65 Å². The first-order chi connectivity index (χ1) is 11.0. The molecule has 0 aliphatic heterocycles. The number of nitrogens with two attached hydrogens (primary N) is 1. The summed E-state index contributed by atoms with van der Waals surface area (Å²) in [4.78, 5) is 34.2. The van der Waals surface area contributed by atoms with Crippen LogP contribution in [-0.2, 0) is 25.6 Å². The number of hydrogen-bond donors (Lipinski definition) is 1. The molecule has 0 unspecified atom stereocenters. The topological polar surface area (TPSA) is 122 Å². The number of esters is 2. The minimum Gasteiger partial charge on any atom is -0.465 e. The van der Waals surface area contributed by atoms with Crippen LogP contribution in [0, 0.1) is 5.92 Å². The fourth-order valence-electron chi connectivity index (χ4n) is 2.04. The van der Waals surface area contributed by atoms with E-state index in [2.05, 4.69) is 15.0 Å². The van der Waals surface area contributed by atoms with E-state index in [-0.39, 0.29) is 49.4 Å². The number of aromatic nitrogens is 4. The fourth-order valence-corrected chi connectivity index (χ4v) is 2.04. The van der Waals surface area contributed by atoms with Crippen molar-refractivity contribution in [2.24, 2.45) is 5.92 Å². The molecule has 9 nitrogen and oxygen atoms in total. The van der Waals surface area contributed by atoms with Crippen LogP contribution in [0.15, 0.2) is 12.5 Å². The van der Waals surface area contributed by atoms with Gasteiger partial charge in [-0.25, -0.2) is 9.97 Å². The maximum atomic E-state index is 11.0. The van der Waals surface area contributed by atoms with Crippen LogP contribution < -0.4 is 5.73 Å². The van der Waals surface area contributed by atoms with Gasteiger partial charge in [-0.2, -0.15) is 4.98 Å². The van der Waals surface area contributed by atoms with Crippen molar-refractivity contribution in [3.8, 4) is 0 Å². The van der Waals surface area contributed by atoms with Gasteiger partial charge in [0.2, 0.25) is 5.95 Å². The average Bonchev–Trinajstić information content (AvgIpc) is 2.88. The maximum Gasteiger partial charge on any atom is 0.302 e. The normalized spacial score (nSPS) is 10.5. The zero-order valence-electron chi connectivity index (χ0n) is 13.5. The lowest BCUT2D eigenvalue weighted by molar-refractivity contribution is -0.146. The van der Waals surface area contributed by atoms with Gasteiger partial charge in [0.1, 0.15) is 5.52 Å². The Balaban J connectivity index is 0.00000288. The van der Waals surface area contributed by atoms with Crippen molar-refractivity contribution in [2.45, 2.75) is 26.8 Å². The molecule has 0 saturated heterocycles. The molecule has 2 N–H and O–H groups in total. The Morgan fingerprint density at radius 2 is 1.83 bits per heavy atom. The molecule has 0 bridgehead atoms. The molecule has 10 heteroatoms. The van der Waals surface area contributed by atoms with Gasteiger partial charge in [-0.3, -0.25) is 9.59 Å². The van der Waals surface area contributed by atoms with Crippen molar-refractivity contribution in [1.82, 2.24) is 19.5 Å². The highest BCUT2D eigenvalue weighted by Crippen LogP contribution is 2.13. The minimum absolute atomic E-state index is 0. The zero-order chi connectivity index (χ0) is 16.8. The summed E-state index contributed by atoms with van der Waals surface area (Å²) in [5.41, 5.74) is 6.88. The Morgan fingerprint density at radius 1 is 1.21 bits per heavy atom. The molecule has 0 atom stereocenters. The molecular weight excluding hydrogens is 338 g/mol. The van der Waals surface area contributed by atoms with E-state index in [0.717, 1.165) is 0 Å². The molecular formula is C14H20ClN5O4. The van der Waals surface area contributed by atoms with Crippen LogP contribution in [0.4, 0.5) is 5.95 Å². The van der Waals surface area contributed by atoms with Crippen LogP contribution >= 0.6 is 12.4 Å². The summed E-state index contributed by atoms with van der Waals surface area (Å²) in [5, 5.41) is 0. The quantitative estimate of drug-likeness (QED) is 0.727. The number of carbonyl (C=O) groups excluding carboxylic acids is 2. The average molecular weight is 358 g/mol. The van der Waals surface area contributed by atoms with Crippen molar-refractivity contribution in [3.63, 3.8) is 0 Å². The highest BCUT2D eigenvalue weighted by atomic mass is 35.5. The van der Waals surface area contributed by atoms with E-state index in [1.165, 1.54) is 13.8 Å². The molecule has 0 fully saturated rings. The summed E-state index contributed by atoms with van der Waals surface area (Å²) in [5.74, 6) is -0.673. The van der Waals surface area contributed by atoms with Crippen molar-refractivity contribution in [2.75, 3.05) is 18.9 Å². The molecule has 0 saturated carbocycles. The van der Waals surface area contributed by atoms with Crippen LogP contribution in [0.25, 0.3) is 11.2 Å². The zero-order valence-corrected chi connectivity index (χ0v) is 14.3. The third kappa shape index (κ3) is 5.65. The maximum absolute atomic E-state index is 11.0. The van der Waals surface area contributed by atoms with Crippen LogP contribution in [0.2, 0.25) is 0 Å². The van der Waals surface area contributed by atoms with Crippen molar-refractivity contribution >= 4 is 41.5 Å². The Morgan fingerprint density at radius 3 is 2.42 bits per heavy atom. The van der Waals surface area contributed by atoms with Gasteiger partial charge in [0.25, 0.3) is 0 Å². The third-order valence-corrected chi connectivity index (χ3v) is 3.20. The largest absolute Gasteiger partial charge is 0.465 e. The number of anilines is 1. The summed E-state index contributed by atoms with van der Waals surface area (Å²) in [6.07, 6.45) is 3.83. The van der Waals surface area contributed by atoms with E-state index in [4.69, 9.17) is 15.2 Å². The SMILES string of the molecule is CC(=O)OCC(CCn1cnc2cnc(N)nc21)COC(C)=O.Cl. The van der Waals surface area contributed by atoms with E-state index >= 15 is 0 Å². The van der Waals surface area contributed by atoms with Crippen molar-refractivity contribution in [1.29, 1.82) is 0 Å². The third-order valence-electron chi connectivity index (χ3n) is 3.20. The number of ether oxygens (including phenoxy) is 2. The molecule has 0 spiro atoms. The van der Waals surface area contributed by atoms with Gasteiger partial charge in [0, 0.05) is 26.3 Å². The predicted molar refractivity (Wildman–Crippen MR) is 88.4 cm³/mol. The van der Waals surface area contributed by atoms with Gasteiger partial charge in [-0.15, -0.1) is 12.4 Å². The van der Waals surface area contributed by atoms with E-state index in [1.807, 2.05) is 4.57 Å². The number of nitrogens with zero attached hydrogens (tertiary/aromatic N) is 4. The number of imidazole rings is 1. The summed E-state index contributed by atoms with van der Waals surface area (Å²) in [6.45, 7) is 3.62. The molecule has 0 aromatic carbocycles. The molecule has 2 rings (SSSR count). The monoisotopic (exact) mass is 357 g/mol. The lowest BCUT2D eigenvalue weighted by atomic mass is 10.1. The molecule has 0 amide bonds. The second kappa shape index (κ2) is 9.02. The van der Waals surface area contributed by atoms with Crippen LogP contribution in [-0.4, -0.2) is 44.7 Å². The number of rotatable bonds is 7. The van der Waals surface area contributed by atoms with Crippen molar-refractivity contribution < 1.29 is 19.1 Å². The highest BCUT2D eigenvalue weighted by molar-refractivity contribution is 5.85. The molecule has 2 heterocycles. The smallest absolute Gasteiger partial charge is 0.302 e. The molecule has 132 valence electrons. The fraction of sp³-hybridized carbons (Fsp3) is 0.500. The van der Waals surface area contributed by atoms with E-state index in [9.17, 15) is 9.59 Å².